The molecule has 0 fully saturated rings. The second-order valence-corrected chi connectivity index (χ2v) is 7.43. The third kappa shape index (κ3) is 6.48. The van der Waals surface area contributed by atoms with Crippen LogP contribution in [0, 0.1) is 18.3 Å². The van der Waals surface area contributed by atoms with Gasteiger partial charge in [-0.2, -0.15) is 5.26 Å². The van der Waals surface area contributed by atoms with Gasteiger partial charge >= 0.3 is 5.97 Å². The Bertz CT molecular complexity index is 1060. The van der Waals surface area contributed by atoms with E-state index < -0.39 is 11.9 Å². The summed E-state index contributed by atoms with van der Waals surface area (Å²) in [7, 11) is 1.26. The first-order valence-corrected chi connectivity index (χ1v) is 10.3. The van der Waals surface area contributed by atoms with Crippen LogP contribution in [0.5, 0.6) is 11.5 Å². The van der Waals surface area contributed by atoms with Gasteiger partial charge < -0.3 is 19.5 Å². The van der Waals surface area contributed by atoms with E-state index in [1.165, 1.54) is 13.2 Å². The van der Waals surface area contributed by atoms with Crippen molar-refractivity contribution in [2.45, 2.75) is 13.8 Å². The fourth-order valence-electron chi connectivity index (χ4n) is 2.51. The highest BCUT2D eigenvalue weighted by atomic mass is 79.9. The molecule has 0 bridgehead atoms. The third-order valence-corrected chi connectivity index (χ3v) is 5.08. The number of carbonyl (C=O) groups excluding carboxylic acids is 2. The summed E-state index contributed by atoms with van der Waals surface area (Å²) in [5.74, 6) is -0.469. The number of nitriles is 1. The zero-order chi connectivity index (χ0) is 23.0. The summed E-state index contributed by atoms with van der Waals surface area (Å²) in [6.07, 6.45) is 1.42. The summed E-state index contributed by atoms with van der Waals surface area (Å²) < 4.78 is 16.1. The van der Waals surface area contributed by atoms with Gasteiger partial charge in [-0.15, -0.1) is 0 Å². The van der Waals surface area contributed by atoms with Crippen LogP contribution in [-0.4, -0.2) is 32.2 Å². The number of carbonyl (C=O) groups is 2. The van der Waals surface area contributed by atoms with Crippen molar-refractivity contribution in [2.24, 2.45) is 0 Å². The fourth-order valence-corrected chi connectivity index (χ4v) is 3.26. The van der Waals surface area contributed by atoms with E-state index in [0.717, 1.165) is 0 Å². The maximum atomic E-state index is 12.6. The van der Waals surface area contributed by atoms with Crippen LogP contribution >= 0.6 is 27.5 Å². The third-order valence-electron chi connectivity index (χ3n) is 4.09. The van der Waals surface area contributed by atoms with Crippen molar-refractivity contribution in [1.29, 1.82) is 5.26 Å². The molecule has 0 saturated carbocycles. The summed E-state index contributed by atoms with van der Waals surface area (Å²) in [6, 6.07) is 10.3. The summed E-state index contributed by atoms with van der Waals surface area (Å²) in [6.45, 7) is 3.61. The standard InChI is InChI=1S/C22H20BrClN2O5/c1-4-30-19-10-14(9-16(23)21(19)31-12-20(27)29-3)8-15(11-25)22(28)26-18-7-5-6-17(24)13(18)2/h5-10H,4,12H2,1-3H3,(H,26,28)/b15-8+. The molecule has 0 aliphatic heterocycles. The molecule has 31 heavy (non-hydrogen) atoms. The van der Waals surface area contributed by atoms with Crippen molar-refractivity contribution < 1.29 is 23.8 Å². The van der Waals surface area contributed by atoms with Gasteiger partial charge in [-0.3, -0.25) is 4.79 Å². The Balaban J connectivity index is 2.34. The number of hydrogen-bond donors (Lipinski definition) is 1. The van der Waals surface area contributed by atoms with Crippen molar-refractivity contribution in [3.63, 3.8) is 0 Å². The number of hydrogen-bond acceptors (Lipinski definition) is 6. The van der Waals surface area contributed by atoms with Crippen molar-refractivity contribution in [2.75, 3.05) is 25.6 Å². The Hall–Kier alpha value is -3.02. The minimum absolute atomic E-state index is 0.114. The predicted octanol–water partition coefficient (Wildman–Crippen LogP) is 4.91. The van der Waals surface area contributed by atoms with Crippen molar-refractivity contribution in [3.05, 3.63) is 56.5 Å². The van der Waals surface area contributed by atoms with Crippen molar-refractivity contribution in [3.8, 4) is 17.6 Å². The maximum absolute atomic E-state index is 12.6. The number of nitrogens with one attached hydrogen (secondary N) is 1. The van der Waals surface area contributed by atoms with Gasteiger partial charge in [0.05, 0.1) is 18.2 Å². The van der Waals surface area contributed by atoms with Gasteiger partial charge in [0.15, 0.2) is 18.1 Å². The van der Waals surface area contributed by atoms with E-state index in [-0.39, 0.29) is 12.2 Å². The number of nitrogens with zero attached hydrogens (tertiary/aromatic N) is 1. The van der Waals surface area contributed by atoms with E-state index in [1.54, 1.807) is 44.2 Å². The van der Waals surface area contributed by atoms with Crippen LogP contribution in [0.1, 0.15) is 18.1 Å². The zero-order valence-corrected chi connectivity index (χ0v) is 19.5. The Morgan fingerprint density at radius 1 is 1.29 bits per heavy atom. The number of rotatable bonds is 8. The summed E-state index contributed by atoms with van der Waals surface area (Å²) in [5, 5.41) is 12.7. The normalized spacial score (nSPS) is 10.8. The van der Waals surface area contributed by atoms with Crippen LogP contribution in [0.3, 0.4) is 0 Å². The number of halogens is 2. The molecule has 0 saturated heterocycles. The van der Waals surface area contributed by atoms with Crippen LogP contribution in [-0.2, 0) is 14.3 Å². The lowest BCUT2D eigenvalue weighted by atomic mass is 10.1. The van der Waals surface area contributed by atoms with Crippen LogP contribution in [0.25, 0.3) is 6.08 Å². The molecule has 0 aliphatic carbocycles. The van der Waals surface area contributed by atoms with Crippen LogP contribution in [0.15, 0.2) is 40.4 Å². The van der Waals surface area contributed by atoms with Gasteiger partial charge in [0, 0.05) is 10.7 Å². The average molecular weight is 508 g/mol. The molecule has 0 unspecified atom stereocenters. The highest BCUT2D eigenvalue weighted by molar-refractivity contribution is 9.10. The van der Waals surface area contributed by atoms with Crippen LogP contribution in [0.2, 0.25) is 5.02 Å². The van der Waals surface area contributed by atoms with E-state index in [9.17, 15) is 14.9 Å². The lowest BCUT2D eigenvalue weighted by Gasteiger charge is -2.14. The van der Waals surface area contributed by atoms with Gasteiger partial charge in [0.2, 0.25) is 0 Å². The summed E-state index contributed by atoms with van der Waals surface area (Å²) in [5.41, 5.74) is 1.62. The number of esters is 1. The molecule has 9 heteroatoms. The molecule has 0 heterocycles. The molecule has 2 aromatic carbocycles. The number of anilines is 1. The quantitative estimate of drug-likeness (QED) is 0.310. The number of methoxy groups -OCH3 is 1. The van der Waals surface area contributed by atoms with Crippen LogP contribution in [0.4, 0.5) is 5.69 Å². The summed E-state index contributed by atoms with van der Waals surface area (Å²) in [4.78, 5) is 24.0. The van der Waals surface area contributed by atoms with Gasteiger partial charge in [-0.05, 0) is 71.2 Å². The molecular weight excluding hydrogens is 488 g/mol. The van der Waals surface area contributed by atoms with E-state index >= 15 is 0 Å². The first-order valence-electron chi connectivity index (χ1n) is 9.14. The number of benzene rings is 2. The smallest absolute Gasteiger partial charge is 0.343 e. The Kier molecular flexibility index (Phi) is 8.91. The zero-order valence-electron chi connectivity index (χ0n) is 17.1. The lowest BCUT2D eigenvalue weighted by Crippen LogP contribution is -2.14. The largest absolute Gasteiger partial charge is 0.490 e. The van der Waals surface area contributed by atoms with Gasteiger partial charge in [0.1, 0.15) is 11.6 Å². The number of ether oxygens (including phenoxy) is 3. The Labute approximate surface area is 193 Å². The van der Waals surface area contributed by atoms with Crippen molar-refractivity contribution in [1.82, 2.24) is 0 Å². The molecule has 2 rings (SSSR count). The van der Waals surface area contributed by atoms with E-state index in [2.05, 4.69) is 26.0 Å². The summed E-state index contributed by atoms with van der Waals surface area (Å²) >= 11 is 9.46. The molecule has 2 aromatic rings. The second kappa shape index (κ2) is 11.4. The molecule has 162 valence electrons. The monoisotopic (exact) mass is 506 g/mol. The molecule has 0 radical (unpaired) electrons. The molecule has 1 N–H and O–H groups in total. The molecule has 0 spiro atoms. The SMILES string of the molecule is CCOc1cc(/C=C(\C#N)C(=O)Nc2cccc(Cl)c2C)cc(Br)c1OCC(=O)OC. The van der Waals surface area contributed by atoms with Crippen LogP contribution < -0.4 is 14.8 Å². The predicted molar refractivity (Wildman–Crippen MR) is 121 cm³/mol. The highest BCUT2D eigenvalue weighted by Crippen LogP contribution is 2.37. The van der Waals surface area contributed by atoms with E-state index in [4.69, 9.17) is 21.1 Å². The highest BCUT2D eigenvalue weighted by Gasteiger charge is 2.16. The first kappa shape index (κ1) is 24.3. The lowest BCUT2D eigenvalue weighted by molar-refractivity contribution is -0.142. The molecule has 0 aliphatic rings. The first-order chi connectivity index (χ1) is 14.8. The van der Waals surface area contributed by atoms with E-state index in [0.29, 0.717) is 44.4 Å². The second-order valence-electron chi connectivity index (χ2n) is 6.16. The number of amides is 1. The minimum atomic E-state index is -0.576. The Morgan fingerprint density at radius 3 is 2.68 bits per heavy atom. The topological polar surface area (TPSA) is 97.6 Å². The Morgan fingerprint density at radius 2 is 2.03 bits per heavy atom. The molecular formula is C22H20BrClN2O5. The van der Waals surface area contributed by atoms with Gasteiger partial charge in [-0.25, -0.2) is 4.79 Å². The fraction of sp³-hybridized carbons (Fsp3) is 0.227. The molecule has 1 amide bonds. The minimum Gasteiger partial charge on any atom is -0.490 e. The van der Waals surface area contributed by atoms with Gasteiger partial charge in [0.25, 0.3) is 5.91 Å². The van der Waals surface area contributed by atoms with Crippen molar-refractivity contribution >= 4 is 51.2 Å². The average Bonchev–Trinajstić information content (AvgIpc) is 2.74. The van der Waals surface area contributed by atoms with E-state index in [1.807, 2.05) is 6.07 Å². The molecule has 7 nitrogen and oxygen atoms in total. The molecule has 0 aromatic heterocycles. The maximum Gasteiger partial charge on any atom is 0.343 e. The van der Waals surface area contributed by atoms with Gasteiger partial charge in [-0.1, -0.05) is 17.7 Å². The molecule has 0 atom stereocenters.